The predicted octanol–water partition coefficient (Wildman–Crippen LogP) is 3.03. The number of fused-ring (bicyclic) bond motifs is 1. The van der Waals surface area contributed by atoms with Crippen molar-refractivity contribution in [3.8, 4) is 11.5 Å². The van der Waals surface area contributed by atoms with E-state index in [1.165, 1.54) is 0 Å². The molecule has 0 fully saturated rings. The third-order valence-electron chi connectivity index (χ3n) is 2.74. The Morgan fingerprint density at radius 3 is 3.06 bits per heavy atom. The normalized spacial score (nSPS) is 14.3. The fourth-order valence-corrected chi connectivity index (χ4v) is 2.52. The van der Waals surface area contributed by atoms with Crippen molar-refractivity contribution in [1.82, 2.24) is 15.0 Å². The van der Waals surface area contributed by atoms with Crippen LogP contribution in [0.3, 0.4) is 0 Å². The molecule has 0 unspecified atom stereocenters. The van der Waals surface area contributed by atoms with Gasteiger partial charge in [0.1, 0.15) is 10.8 Å². The molecule has 92 valence electrons. The summed E-state index contributed by atoms with van der Waals surface area (Å²) in [5.74, 6) is 0.549. The van der Waals surface area contributed by atoms with Gasteiger partial charge in [0.2, 0.25) is 0 Å². The Morgan fingerprint density at radius 2 is 2.22 bits per heavy atom. The molecule has 0 aliphatic carbocycles. The van der Waals surface area contributed by atoms with Crippen LogP contribution in [0.15, 0.2) is 22.8 Å². The van der Waals surface area contributed by atoms with Gasteiger partial charge < -0.3 is 4.74 Å². The van der Waals surface area contributed by atoms with E-state index in [1.54, 1.807) is 6.20 Å². The van der Waals surface area contributed by atoms with E-state index < -0.39 is 0 Å². The lowest BCUT2D eigenvalue weighted by atomic mass is 10.1. The third-order valence-corrected chi connectivity index (χ3v) is 3.69. The van der Waals surface area contributed by atoms with E-state index in [9.17, 15) is 0 Å². The van der Waals surface area contributed by atoms with E-state index in [-0.39, 0.29) is 0 Å². The smallest absolute Gasteiger partial charge is 0.181 e. The van der Waals surface area contributed by atoms with E-state index >= 15 is 0 Å². The summed E-state index contributed by atoms with van der Waals surface area (Å²) >= 11 is 9.62. The van der Waals surface area contributed by atoms with E-state index in [0.717, 1.165) is 22.2 Å². The van der Waals surface area contributed by atoms with Crippen LogP contribution in [-0.4, -0.2) is 21.6 Å². The summed E-state index contributed by atoms with van der Waals surface area (Å²) in [5.41, 5.74) is 2.54. The zero-order valence-corrected chi connectivity index (χ0v) is 11.7. The van der Waals surface area contributed by atoms with Crippen LogP contribution in [0.1, 0.15) is 11.3 Å². The fourth-order valence-electron chi connectivity index (χ4n) is 1.85. The van der Waals surface area contributed by atoms with Crippen LogP contribution in [0.5, 0.6) is 0 Å². The summed E-state index contributed by atoms with van der Waals surface area (Å²) in [4.78, 5) is 13.1. The van der Waals surface area contributed by atoms with Gasteiger partial charge >= 0.3 is 0 Å². The largest absolute Gasteiger partial charge is 0.376 e. The molecule has 6 heteroatoms. The van der Waals surface area contributed by atoms with Gasteiger partial charge in [-0.05, 0) is 28.1 Å². The topological polar surface area (TPSA) is 47.9 Å². The second-order valence-corrected chi connectivity index (χ2v) is 5.11. The maximum atomic E-state index is 6.18. The number of ether oxygens (including phenoxy) is 1. The maximum absolute atomic E-state index is 6.18. The van der Waals surface area contributed by atoms with Crippen molar-refractivity contribution in [3.63, 3.8) is 0 Å². The van der Waals surface area contributed by atoms with Gasteiger partial charge in [-0.15, -0.1) is 0 Å². The van der Waals surface area contributed by atoms with Crippen molar-refractivity contribution in [2.24, 2.45) is 0 Å². The van der Waals surface area contributed by atoms with Crippen LogP contribution >= 0.6 is 27.5 Å². The summed E-state index contributed by atoms with van der Waals surface area (Å²) in [6, 6.07) is 3.75. The number of hydrogen-bond acceptors (Lipinski definition) is 4. The second-order valence-electron chi connectivity index (χ2n) is 3.90. The number of nitrogens with zero attached hydrogens (tertiary/aromatic N) is 3. The Labute approximate surface area is 118 Å². The van der Waals surface area contributed by atoms with Gasteiger partial charge in [-0.1, -0.05) is 11.6 Å². The number of halogens is 2. The lowest BCUT2D eigenvalue weighted by Crippen LogP contribution is -2.14. The molecule has 3 rings (SSSR count). The Balaban J connectivity index is 2.14. The standard InChI is InChI=1S/C12H9BrClN3O/c13-8-2-1-4-15-10(8)12-16-9-3-5-18-6-7(9)11(14)17-12/h1-2,4H,3,5-6H2. The van der Waals surface area contributed by atoms with Gasteiger partial charge in [-0.25, -0.2) is 9.97 Å². The highest BCUT2D eigenvalue weighted by Crippen LogP contribution is 2.28. The van der Waals surface area contributed by atoms with Gasteiger partial charge in [0, 0.05) is 22.7 Å². The average Bonchev–Trinajstić information content (AvgIpc) is 2.39. The highest BCUT2D eigenvalue weighted by Gasteiger charge is 2.19. The first-order chi connectivity index (χ1) is 8.75. The molecule has 2 aromatic heterocycles. The molecule has 0 N–H and O–H groups in total. The van der Waals surface area contributed by atoms with Crippen molar-refractivity contribution in [2.45, 2.75) is 13.0 Å². The number of rotatable bonds is 1. The summed E-state index contributed by atoms with van der Waals surface area (Å²) in [6.45, 7) is 1.15. The second kappa shape index (κ2) is 4.91. The molecule has 0 saturated carbocycles. The Bertz CT molecular complexity index is 606. The average molecular weight is 327 g/mol. The number of hydrogen-bond donors (Lipinski definition) is 0. The molecule has 2 aromatic rings. The van der Waals surface area contributed by atoms with Gasteiger partial charge in [0.15, 0.2) is 5.82 Å². The molecule has 18 heavy (non-hydrogen) atoms. The SMILES string of the molecule is Clc1nc(-c2ncccc2Br)nc2c1COCC2. The van der Waals surface area contributed by atoms with E-state index in [0.29, 0.717) is 29.9 Å². The molecular weight excluding hydrogens is 318 g/mol. The quantitative estimate of drug-likeness (QED) is 0.756. The van der Waals surface area contributed by atoms with Gasteiger partial charge in [-0.3, -0.25) is 4.98 Å². The van der Waals surface area contributed by atoms with Crippen LogP contribution in [0, 0.1) is 0 Å². The highest BCUT2D eigenvalue weighted by molar-refractivity contribution is 9.10. The van der Waals surface area contributed by atoms with E-state index in [4.69, 9.17) is 16.3 Å². The minimum absolute atomic E-state index is 0.451. The zero-order chi connectivity index (χ0) is 12.5. The predicted molar refractivity (Wildman–Crippen MR) is 71.3 cm³/mol. The minimum atomic E-state index is 0.451. The first-order valence-corrected chi connectivity index (χ1v) is 6.66. The highest BCUT2D eigenvalue weighted by atomic mass is 79.9. The molecular formula is C12H9BrClN3O. The number of aromatic nitrogens is 3. The number of pyridine rings is 1. The molecule has 0 radical (unpaired) electrons. The van der Waals surface area contributed by atoms with E-state index in [2.05, 4.69) is 30.9 Å². The molecule has 1 aliphatic rings. The van der Waals surface area contributed by atoms with Crippen molar-refractivity contribution < 1.29 is 4.74 Å². The molecule has 3 heterocycles. The lowest BCUT2D eigenvalue weighted by molar-refractivity contribution is 0.109. The first-order valence-electron chi connectivity index (χ1n) is 5.49. The van der Waals surface area contributed by atoms with Crippen LogP contribution in [0.4, 0.5) is 0 Å². The van der Waals surface area contributed by atoms with Crippen LogP contribution < -0.4 is 0 Å². The Kier molecular flexibility index (Phi) is 3.28. The van der Waals surface area contributed by atoms with Crippen LogP contribution in [0.25, 0.3) is 11.5 Å². The Morgan fingerprint density at radius 1 is 1.33 bits per heavy atom. The van der Waals surface area contributed by atoms with Gasteiger partial charge in [0.05, 0.1) is 18.9 Å². The summed E-state index contributed by atoms with van der Waals surface area (Å²) in [5, 5.41) is 0.451. The van der Waals surface area contributed by atoms with Crippen molar-refractivity contribution in [2.75, 3.05) is 6.61 Å². The molecule has 4 nitrogen and oxygen atoms in total. The van der Waals surface area contributed by atoms with E-state index in [1.807, 2.05) is 12.1 Å². The molecule has 0 bridgehead atoms. The van der Waals surface area contributed by atoms with Gasteiger partial charge in [0.25, 0.3) is 0 Å². The van der Waals surface area contributed by atoms with Crippen molar-refractivity contribution in [3.05, 3.63) is 39.2 Å². The maximum Gasteiger partial charge on any atom is 0.181 e. The molecule has 0 atom stereocenters. The first kappa shape index (κ1) is 12.0. The minimum Gasteiger partial charge on any atom is -0.376 e. The Hall–Kier alpha value is -1.04. The molecule has 1 aliphatic heterocycles. The van der Waals surface area contributed by atoms with Crippen molar-refractivity contribution >= 4 is 27.5 Å². The molecule has 0 saturated heterocycles. The fraction of sp³-hybridized carbons (Fsp3) is 0.250. The molecule has 0 amide bonds. The van der Waals surface area contributed by atoms with Crippen molar-refractivity contribution in [1.29, 1.82) is 0 Å². The zero-order valence-electron chi connectivity index (χ0n) is 9.36. The summed E-state index contributed by atoms with van der Waals surface area (Å²) in [7, 11) is 0. The molecule has 0 spiro atoms. The van der Waals surface area contributed by atoms with Crippen LogP contribution in [0.2, 0.25) is 5.15 Å². The summed E-state index contributed by atoms with van der Waals surface area (Å²) < 4.78 is 6.21. The molecule has 0 aromatic carbocycles. The van der Waals surface area contributed by atoms with Crippen LogP contribution in [-0.2, 0) is 17.8 Å². The monoisotopic (exact) mass is 325 g/mol. The van der Waals surface area contributed by atoms with Gasteiger partial charge in [-0.2, -0.15) is 0 Å². The summed E-state index contributed by atoms with van der Waals surface area (Å²) in [6.07, 6.45) is 2.47. The lowest BCUT2D eigenvalue weighted by Gasteiger charge is -2.17. The third kappa shape index (κ3) is 2.13.